The molecule has 0 spiro atoms. The van der Waals surface area contributed by atoms with Crippen LogP contribution in [-0.2, 0) is 21.1 Å². The Kier molecular flexibility index (Phi) is 4.31. The van der Waals surface area contributed by atoms with Gasteiger partial charge in [0.2, 0.25) is 0 Å². The van der Waals surface area contributed by atoms with Gasteiger partial charge >= 0.3 is 0 Å². The van der Waals surface area contributed by atoms with Gasteiger partial charge in [-0.05, 0) is 30.5 Å². The van der Waals surface area contributed by atoms with Crippen molar-refractivity contribution in [2.24, 2.45) is 5.73 Å². The number of morpholine rings is 1. The van der Waals surface area contributed by atoms with E-state index < -0.39 is 9.84 Å². The van der Waals surface area contributed by atoms with Crippen molar-refractivity contribution >= 4 is 9.84 Å². The van der Waals surface area contributed by atoms with Crippen molar-refractivity contribution in [2.75, 3.05) is 25.4 Å². The Morgan fingerprint density at radius 2 is 1.76 bits per heavy atom. The molecule has 2 unspecified atom stereocenters. The van der Waals surface area contributed by atoms with Crippen LogP contribution in [0.15, 0.2) is 29.2 Å². The van der Waals surface area contributed by atoms with E-state index in [2.05, 4.69) is 4.90 Å². The summed E-state index contributed by atoms with van der Waals surface area (Å²) < 4.78 is 30.5. The zero-order valence-electron chi connectivity index (χ0n) is 12.1. The molecule has 6 heteroatoms. The molecule has 1 aromatic rings. The van der Waals surface area contributed by atoms with Crippen LogP contribution >= 0.6 is 0 Å². The van der Waals surface area contributed by atoms with Gasteiger partial charge < -0.3 is 10.5 Å². The molecule has 1 aromatic carbocycles. The predicted octanol–water partition coefficient (Wildman–Crippen LogP) is 0.782. The van der Waals surface area contributed by atoms with E-state index in [0.717, 1.165) is 31.5 Å². The highest BCUT2D eigenvalue weighted by Crippen LogP contribution is 2.26. The third-order valence-corrected chi connectivity index (χ3v) is 6.02. The minimum absolute atomic E-state index is 0.161. The number of rotatable bonds is 5. The van der Waals surface area contributed by atoms with Crippen LogP contribution < -0.4 is 5.73 Å². The fourth-order valence-corrected chi connectivity index (χ4v) is 4.37. The Bertz CT molecular complexity index is 573. The van der Waals surface area contributed by atoms with Gasteiger partial charge in [0.25, 0.3) is 0 Å². The number of nitrogens with zero attached hydrogens (tertiary/aromatic N) is 1. The summed E-state index contributed by atoms with van der Waals surface area (Å²) in [6.45, 7) is 2.73. The van der Waals surface area contributed by atoms with Crippen molar-refractivity contribution in [2.45, 2.75) is 36.5 Å². The zero-order valence-corrected chi connectivity index (χ0v) is 12.9. The largest absolute Gasteiger partial charge is 0.372 e. The average molecular weight is 310 g/mol. The number of hydrogen-bond donors (Lipinski definition) is 1. The third-order valence-electron chi connectivity index (χ3n) is 4.31. The number of likely N-dealkylation sites (tertiary alicyclic amines) is 1. The lowest BCUT2D eigenvalue weighted by Crippen LogP contribution is -2.44. The van der Waals surface area contributed by atoms with Gasteiger partial charge in [-0.3, -0.25) is 4.90 Å². The van der Waals surface area contributed by atoms with Crippen LogP contribution in [0.5, 0.6) is 0 Å². The van der Waals surface area contributed by atoms with Gasteiger partial charge in [0.1, 0.15) is 0 Å². The second-order valence-corrected chi connectivity index (χ2v) is 7.99. The first-order valence-electron chi connectivity index (χ1n) is 7.46. The molecule has 2 aliphatic rings. The number of sulfone groups is 1. The van der Waals surface area contributed by atoms with Crippen molar-refractivity contribution in [3.63, 3.8) is 0 Å². The molecule has 2 heterocycles. The molecular formula is C15H22N2O3S. The smallest absolute Gasteiger partial charge is 0.179 e. The lowest BCUT2D eigenvalue weighted by molar-refractivity contribution is -0.0361. The maximum Gasteiger partial charge on any atom is 0.179 e. The summed E-state index contributed by atoms with van der Waals surface area (Å²) in [5.41, 5.74) is 6.47. The highest BCUT2D eigenvalue weighted by Gasteiger charge is 2.33. The Morgan fingerprint density at radius 3 is 2.33 bits per heavy atom. The number of ether oxygens (including phenoxy) is 1. The van der Waals surface area contributed by atoms with E-state index in [-0.39, 0.29) is 5.75 Å². The van der Waals surface area contributed by atoms with Crippen LogP contribution in [0.1, 0.15) is 18.4 Å². The number of benzene rings is 1. The van der Waals surface area contributed by atoms with Gasteiger partial charge in [0.05, 0.1) is 22.9 Å². The van der Waals surface area contributed by atoms with E-state index in [1.54, 1.807) is 24.3 Å². The van der Waals surface area contributed by atoms with Crippen LogP contribution in [0.25, 0.3) is 0 Å². The molecule has 2 N–H and O–H groups in total. The summed E-state index contributed by atoms with van der Waals surface area (Å²) >= 11 is 0. The molecule has 116 valence electrons. The Morgan fingerprint density at radius 1 is 1.14 bits per heavy atom. The van der Waals surface area contributed by atoms with Crippen molar-refractivity contribution in [1.29, 1.82) is 0 Å². The van der Waals surface area contributed by atoms with Crippen LogP contribution in [0.4, 0.5) is 0 Å². The molecule has 0 radical (unpaired) electrons. The molecule has 0 aliphatic carbocycles. The van der Waals surface area contributed by atoms with Crippen LogP contribution in [0, 0.1) is 0 Å². The molecule has 5 nitrogen and oxygen atoms in total. The minimum atomic E-state index is -3.22. The summed E-state index contributed by atoms with van der Waals surface area (Å²) in [5, 5.41) is 0. The zero-order chi connectivity index (χ0) is 14.9. The minimum Gasteiger partial charge on any atom is -0.372 e. The quantitative estimate of drug-likeness (QED) is 0.870. The van der Waals surface area contributed by atoms with Gasteiger partial charge in [-0.2, -0.15) is 0 Å². The molecule has 2 bridgehead atoms. The van der Waals surface area contributed by atoms with Crippen molar-refractivity contribution < 1.29 is 13.2 Å². The van der Waals surface area contributed by atoms with Gasteiger partial charge in [-0.15, -0.1) is 0 Å². The first-order chi connectivity index (χ1) is 10.1. The van der Waals surface area contributed by atoms with E-state index >= 15 is 0 Å². The average Bonchev–Trinajstić information content (AvgIpc) is 2.84. The summed E-state index contributed by atoms with van der Waals surface area (Å²) in [7, 11) is -3.22. The molecule has 0 aromatic heterocycles. The van der Waals surface area contributed by atoms with E-state index in [1.807, 2.05) is 0 Å². The van der Waals surface area contributed by atoms with Crippen LogP contribution in [-0.4, -0.2) is 50.9 Å². The lowest BCUT2D eigenvalue weighted by Gasteiger charge is -2.31. The van der Waals surface area contributed by atoms with Gasteiger partial charge in [0.15, 0.2) is 9.84 Å². The maximum absolute atomic E-state index is 12.4. The Balaban J connectivity index is 1.60. The van der Waals surface area contributed by atoms with E-state index in [4.69, 9.17) is 10.5 Å². The number of fused-ring (bicyclic) bond motifs is 2. The van der Waals surface area contributed by atoms with Gasteiger partial charge in [-0.25, -0.2) is 8.42 Å². The number of hydrogen-bond acceptors (Lipinski definition) is 5. The predicted molar refractivity (Wildman–Crippen MR) is 80.7 cm³/mol. The van der Waals surface area contributed by atoms with Gasteiger partial charge in [0, 0.05) is 26.2 Å². The van der Waals surface area contributed by atoms with Crippen molar-refractivity contribution in [3.05, 3.63) is 29.8 Å². The van der Waals surface area contributed by atoms with Crippen LogP contribution in [0.3, 0.4) is 0 Å². The SMILES string of the molecule is NCc1ccc(S(=O)(=O)CCN2CC3CCC(C2)O3)cc1. The molecular weight excluding hydrogens is 288 g/mol. The molecule has 2 saturated heterocycles. The summed E-state index contributed by atoms with van der Waals surface area (Å²) in [6, 6.07) is 6.87. The molecule has 2 fully saturated rings. The standard InChI is InChI=1S/C15H22N2O3S/c16-9-12-1-5-15(6-2-12)21(18,19)8-7-17-10-13-3-4-14(11-17)20-13/h1-2,5-6,13-14H,3-4,7-11,16H2. The lowest BCUT2D eigenvalue weighted by atomic mass is 10.2. The van der Waals surface area contributed by atoms with Crippen molar-refractivity contribution in [3.8, 4) is 0 Å². The fourth-order valence-electron chi connectivity index (χ4n) is 3.08. The number of nitrogens with two attached hydrogens (primary N) is 1. The summed E-state index contributed by atoms with van der Waals surface area (Å²) in [5.74, 6) is 0.161. The molecule has 0 amide bonds. The van der Waals surface area contributed by atoms with Crippen LogP contribution in [0.2, 0.25) is 0 Å². The first kappa shape index (κ1) is 15.0. The van der Waals surface area contributed by atoms with E-state index in [1.165, 1.54) is 0 Å². The topological polar surface area (TPSA) is 72.6 Å². The molecule has 3 rings (SSSR count). The monoisotopic (exact) mass is 310 g/mol. The molecule has 0 saturated carbocycles. The second kappa shape index (κ2) is 6.04. The summed E-state index contributed by atoms with van der Waals surface area (Å²) in [4.78, 5) is 2.60. The second-order valence-electron chi connectivity index (χ2n) is 5.88. The normalized spacial score (nSPS) is 26.1. The Hall–Kier alpha value is -0.950. The molecule has 2 atom stereocenters. The first-order valence-corrected chi connectivity index (χ1v) is 9.11. The van der Waals surface area contributed by atoms with E-state index in [9.17, 15) is 8.42 Å². The molecule has 21 heavy (non-hydrogen) atoms. The summed E-state index contributed by atoms with van der Waals surface area (Å²) in [6.07, 6.45) is 2.81. The van der Waals surface area contributed by atoms with Gasteiger partial charge in [-0.1, -0.05) is 12.1 Å². The molecule has 2 aliphatic heterocycles. The Labute approximate surface area is 126 Å². The highest BCUT2D eigenvalue weighted by atomic mass is 32.2. The van der Waals surface area contributed by atoms with E-state index in [0.29, 0.717) is 30.2 Å². The van der Waals surface area contributed by atoms with Crippen molar-refractivity contribution in [1.82, 2.24) is 4.90 Å². The highest BCUT2D eigenvalue weighted by molar-refractivity contribution is 7.91. The maximum atomic E-state index is 12.4. The third kappa shape index (κ3) is 3.45. The fraction of sp³-hybridized carbons (Fsp3) is 0.600.